The van der Waals surface area contributed by atoms with Crippen LogP contribution in [0.15, 0.2) is 54.6 Å². The highest BCUT2D eigenvalue weighted by atomic mass is 16.5. The van der Waals surface area contributed by atoms with Gasteiger partial charge in [0.2, 0.25) is 0 Å². The first-order valence-electron chi connectivity index (χ1n) is 13.3. The minimum atomic E-state index is -0.481. The lowest BCUT2D eigenvalue weighted by Crippen LogP contribution is -2.07. The van der Waals surface area contributed by atoms with Gasteiger partial charge in [0.15, 0.2) is 0 Å². The average Bonchev–Trinajstić information content (AvgIpc) is 2.89. The zero-order valence-electron chi connectivity index (χ0n) is 21.7. The van der Waals surface area contributed by atoms with Crippen molar-refractivity contribution in [1.29, 1.82) is 0 Å². The molecule has 2 aromatic carbocycles. The predicted molar refractivity (Wildman–Crippen MR) is 145 cm³/mol. The summed E-state index contributed by atoms with van der Waals surface area (Å²) in [6.45, 7) is 6.62. The molecule has 2 rings (SSSR count). The van der Waals surface area contributed by atoms with E-state index in [0.29, 0.717) is 17.9 Å². The van der Waals surface area contributed by atoms with E-state index >= 15 is 0 Å². The molecular formula is C31H41O5. The number of carbonyl (C=O) groups is 2. The molecule has 195 valence electrons. The maximum atomic E-state index is 12.1. The van der Waals surface area contributed by atoms with Crippen LogP contribution >= 0.6 is 0 Å². The van der Waals surface area contributed by atoms with Crippen LogP contribution in [0.4, 0.5) is 0 Å². The molecule has 5 nitrogen and oxygen atoms in total. The Morgan fingerprint density at radius 1 is 0.722 bits per heavy atom. The molecule has 0 saturated carbocycles. The average molecular weight is 494 g/mol. The van der Waals surface area contributed by atoms with E-state index in [4.69, 9.17) is 14.2 Å². The maximum absolute atomic E-state index is 12.1. The Morgan fingerprint density at radius 3 is 1.89 bits per heavy atom. The first kappa shape index (κ1) is 29.2. The second-order valence-electron chi connectivity index (χ2n) is 8.90. The summed E-state index contributed by atoms with van der Waals surface area (Å²) in [7, 11) is 0. The normalized spacial score (nSPS) is 10.9. The third kappa shape index (κ3) is 13.1. The van der Waals surface area contributed by atoms with Gasteiger partial charge in [-0.2, -0.15) is 0 Å². The van der Waals surface area contributed by atoms with Gasteiger partial charge in [-0.3, -0.25) is 4.79 Å². The van der Waals surface area contributed by atoms with E-state index in [1.165, 1.54) is 51.0 Å². The Hall–Kier alpha value is -3.08. The zero-order valence-corrected chi connectivity index (χ0v) is 21.7. The lowest BCUT2D eigenvalue weighted by Gasteiger charge is -2.07. The molecule has 0 heterocycles. The summed E-state index contributed by atoms with van der Waals surface area (Å²) < 4.78 is 16.4. The molecule has 5 heteroatoms. The molecule has 0 saturated heterocycles. The Labute approximate surface area is 216 Å². The van der Waals surface area contributed by atoms with Crippen molar-refractivity contribution < 1.29 is 23.8 Å². The van der Waals surface area contributed by atoms with Crippen LogP contribution in [0.3, 0.4) is 0 Å². The molecular weight excluding hydrogens is 452 g/mol. The van der Waals surface area contributed by atoms with Crippen molar-refractivity contribution in [2.24, 2.45) is 0 Å². The summed E-state index contributed by atoms with van der Waals surface area (Å²) in [4.78, 5) is 23.8. The fourth-order valence-corrected chi connectivity index (χ4v) is 3.60. The van der Waals surface area contributed by atoms with Crippen molar-refractivity contribution in [2.75, 3.05) is 6.61 Å². The minimum Gasteiger partial charge on any atom is -0.494 e. The van der Waals surface area contributed by atoms with E-state index in [0.717, 1.165) is 43.6 Å². The number of hydrogen-bond donors (Lipinski definition) is 0. The van der Waals surface area contributed by atoms with Gasteiger partial charge in [0, 0.05) is 12.5 Å². The highest BCUT2D eigenvalue weighted by Gasteiger charge is 2.06. The monoisotopic (exact) mass is 493 g/mol. The van der Waals surface area contributed by atoms with Crippen molar-refractivity contribution in [2.45, 2.75) is 84.0 Å². The molecule has 0 amide bonds. The van der Waals surface area contributed by atoms with Crippen LogP contribution in [0.2, 0.25) is 0 Å². The van der Waals surface area contributed by atoms with E-state index in [1.807, 2.05) is 31.2 Å². The fraction of sp³-hybridized carbons (Fsp3) is 0.452. The van der Waals surface area contributed by atoms with Gasteiger partial charge >= 0.3 is 11.9 Å². The van der Waals surface area contributed by atoms with Gasteiger partial charge in [0.1, 0.15) is 17.2 Å². The molecule has 1 radical (unpaired) electrons. The number of hydrogen-bond acceptors (Lipinski definition) is 5. The second kappa shape index (κ2) is 18.2. The first-order chi connectivity index (χ1) is 17.6. The third-order valence-electron chi connectivity index (χ3n) is 5.71. The molecule has 0 fully saturated rings. The SMILES string of the molecule is [CH2]CCCCCCCCCCOc1ccc(/C=C/C(=O)Oc2ccc(OC(=O)CCCC)cc2)cc1. The van der Waals surface area contributed by atoms with E-state index in [2.05, 4.69) is 6.92 Å². The predicted octanol–water partition coefficient (Wildman–Crippen LogP) is 8.12. The quantitative estimate of drug-likeness (QED) is 0.0908. The Morgan fingerprint density at radius 2 is 1.28 bits per heavy atom. The highest BCUT2D eigenvalue weighted by molar-refractivity contribution is 5.88. The van der Waals surface area contributed by atoms with Gasteiger partial charge in [-0.05, 0) is 60.9 Å². The topological polar surface area (TPSA) is 61.8 Å². The van der Waals surface area contributed by atoms with Crippen molar-refractivity contribution in [3.63, 3.8) is 0 Å². The molecule has 0 bridgehead atoms. The number of unbranched alkanes of at least 4 members (excludes halogenated alkanes) is 9. The lowest BCUT2D eigenvalue weighted by molar-refractivity contribution is -0.134. The number of esters is 2. The molecule has 0 N–H and O–H groups in total. The Balaban J connectivity index is 1.63. The van der Waals surface area contributed by atoms with E-state index in [9.17, 15) is 9.59 Å². The van der Waals surface area contributed by atoms with Gasteiger partial charge in [0.25, 0.3) is 0 Å². The summed E-state index contributed by atoms with van der Waals surface area (Å²) in [6, 6.07) is 14.1. The molecule has 0 unspecified atom stereocenters. The largest absolute Gasteiger partial charge is 0.494 e. The highest BCUT2D eigenvalue weighted by Crippen LogP contribution is 2.19. The summed E-state index contributed by atoms with van der Waals surface area (Å²) >= 11 is 0. The second-order valence-corrected chi connectivity index (χ2v) is 8.90. The van der Waals surface area contributed by atoms with Crippen LogP contribution in [0.5, 0.6) is 17.2 Å². The first-order valence-corrected chi connectivity index (χ1v) is 13.3. The summed E-state index contributed by atoms with van der Waals surface area (Å²) in [5.41, 5.74) is 0.882. The van der Waals surface area contributed by atoms with Crippen LogP contribution in [-0.2, 0) is 9.59 Å². The molecule has 36 heavy (non-hydrogen) atoms. The molecule has 0 aliphatic carbocycles. The van der Waals surface area contributed by atoms with Gasteiger partial charge in [-0.25, -0.2) is 4.79 Å². The number of benzene rings is 2. The molecule has 0 atom stereocenters. The third-order valence-corrected chi connectivity index (χ3v) is 5.71. The lowest BCUT2D eigenvalue weighted by atomic mass is 10.1. The van der Waals surface area contributed by atoms with Crippen LogP contribution in [0, 0.1) is 6.92 Å². The van der Waals surface area contributed by atoms with Gasteiger partial charge in [-0.1, -0.05) is 83.8 Å². The number of rotatable bonds is 18. The number of carbonyl (C=O) groups excluding carboxylic acids is 2. The van der Waals surface area contributed by atoms with Crippen molar-refractivity contribution in [1.82, 2.24) is 0 Å². The van der Waals surface area contributed by atoms with Crippen molar-refractivity contribution >= 4 is 18.0 Å². The van der Waals surface area contributed by atoms with Crippen molar-refractivity contribution in [3.05, 3.63) is 67.1 Å². The minimum absolute atomic E-state index is 0.261. The van der Waals surface area contributed by atoms with Gasteiger partial charge < -0.3 is 14.2 Å². The van der Waals surface area contributed by atoms with Crippen LogP contribution < -0.4 is 14.2 Å². The fourth-order valence-electron chi connectivity index (χ4n) is 3.60. The van der Waals surface area contributed by atoms with E-state index in [-0.39, 0.29) is 5.97 Å². The zero-order chi connectivity index (χ0) is 25.8. The summed E-state index contributed by atoms with van der Waals surface area (Å²) in [6.07, 6.45) is 16.3. The van der Waals surface area contributed by atoms with E-state index < -0.39 is 5.97 Å². The standard InChI is InChI=1S/C31H41O5/c1-3-5-7-8-9-10-11-12-13-25-34-27-18-15-26(16-19-27)17-24-31(33)36-29-22-20-28(21-23-29)35-30(32)14-6-4-2/h15-24H,1,3-14,25H2,2H3/b24-17+. The molecule has 0 aliphatic heterocycles. The van der Waals surface area contributed by atoms with Gasteiger partial charge in [-0.15, -0.1) is 0 Å². The Bertz CT molecular complexity index is 900. The Kier molecular flexibility index (Phi) is 14.8. The molecule has 0 aliphatic rings. The summed E-state index contributed by atoms with van der Waals surface area (Å²) in [5, 5.41) is 0. The van der Waals surface area contributed by atoms with Crippen LogP contribution in [0.1, 0.15) is 89.5 Å². The van der Waals surface area contributed by atoms with Crippen molar-refractivity contribution in [3.8, 4) is 17.2 Å². The van der Waals surface area contributed by atoms with Crippen LogP contribution in [0.25, 0.3) is 6.08 Å². The summed E-state index contributed by atoms with van der Waals surface area (Å²) in [5.74, 6) is 0.909. The molecule has 0 aromatic heterocycles. The molecule has 2 aromatic rings. The van der Waals surface area contributed by atoms with Crippen LogP contribution in [-0.4, -0.2) is 18.5 Å². The smallest absolute Gasteiger partial charge is 0.336 e. The van der Waals surface area contributed by atoms with E-state index in [1.54, 1.807) is 30.3 Å². The maximum Gasteiger partial charge on any atom is 0.336 e. The number of ether oxygens (including phenoxy) is 3. The molecule has 0 spiro atoms. The van der Waals surface area contributed by atoms with Gasteiger partial charge in [0.05, 0.1) is 6.61 Å².